The molecule has 1 aliphatic rings. The van der Waals surface area contributed by atoms with E-state index in [0.717, 1.165) is 30.7 Å². The van der Waals surface area contributed by atoms with Crippen molar-refractivity contribution in [1.82, 2.24) is 9.78 Å². The van der Waals surface area contributed by atoms with Crippen LogP contribution in [0.15, 0.2) is 30.5 Å². The van der Waals surface area contributed by atoms with E-state index in [0.29, 0.717) is 11.6 Å². The van der Waals surface area contributed by atoms with E-state index in [1.165, 1.54) is 10.7 Å². The number of carbonyl (C=O) groups is 1. The summed E-state index contributed by atoms with van der Waals surface area (Å²) in [4.78, 5) is 11.0. The topological polar surface area (TPSA) is 55.1 Å². The first-order valence-corrected chi connectivity index (χ1v) is 6.37. The SMILES string of the molecule is O=C(O)c1cc(-n2ccc(C3CC3)n2)ccc1C(F)(F)F. The summed E-state index contributed by atoms with van der Waals surface area (Å²) in [5, 5.41) is 13.3. The highest BCUT2D eigenvalue weighted by Gasteiger charge is 2.35. The first-order valence-electron chi connectivity index (χ1n) is 6.37. The predicted molar refractivity (Wildman–Crippen MR) is 67.5 cm³/mol. The zero-order valence-corrected chi connectivity index (χ0v) is 10.8. The molecule has 0 radical (unpaired) electrons. The number of hydrogen-bond donors (Lipinski definition) is 1. The van der Waals surface area contributed by atoms with E-state index < -0.39 is 23.3 Å². The van der Waals surface area contributed by atoms with Gasteiger partial charge < -0.3 is 5.11 Å². The van der Waals surface area contributed by atoms with Gasteiger partial charge in [-0.2, -0.15) is 18.3 Å². The van der Waals surface area contributed by atoms with Gasteiger partial charge in [0.05, 0.1) is 22.5 Å². The van der Waals surface area contributed by atoms with Crippen LogP contribution in [-0.2, 0) is 6.18 Å². The zero-order valence-electron chi connectivity index (χ0n) is 10.8. The number of halogens is 3. The standard InChI is InChI=1S/C14H11F3N2O2/c15-14(16,17)11-4-3-9(7-10(11)13(20)21)19-6-5-12(18-19)8-1-2-8/h3-8H,1-2H2,(H,20,21). The van der Waals surface area contributed by atoms with Crippen molar-refractivity contribution in [2.75, 3.05) is 0 Å². The molecular formula is C14H11F3N2O2. The Labute approximate surface area is 117 Å². The van der Waals surface area contributed by atoms with Crippen molar-refractivity contribution in [3.05, 3.63) is 47.3 Å². The van der Waals surface area contributed by atoms with E-state index in [1.54, 1.807) is 12.3 Å². The minimum atomic E-state index is -4.70. The molecule has 1 N–H and O–H groups in total. The molecule has 1 saturated carbocycles. The van der Waals surface area contributed by atoms with Crippen LogP contribution in [0.1, 0.15) is 40.4 Å². The molecule has 0 atom stereocenters. The van der Waals surface area contributed by atoms with Gasteiger partial charge in [-0.1, -0.05) is 0 Å². The molecule has 1 aliphatic carbocycles. The minimum absolute atomic E-state index is 0.298. The van der Waals surface area contributed by atoms with Crippen molar-refractivity contribution in [3.63, 3.8) is 0 Å². The molecule has 0 saturated heterocycles. The molecule has 1 fully saturated rings. The summed E-state index contributed by atoms with van der Waals surface area (Å²) < 4.78 is 39.7. The second kappa shape index (κ2) is 4.61. The fourth-order valence-corrected chi connectivity index (χ4v) is 2.18. The van der Waals surface area contributed by atoms with Crippen molar-refractivity contribution >= 4 is 5.97 Å². The number of carboxylic acids is 1. The van der Waals surface area contributed by atoms with Crippen LogP contribution in [0.25, 0.3) is 5.69 Å². The van der Waals surface area contributed by atoms with Crippen LogP contribution in [0.3, 0.4) is 0 Å². The van der Waals surface area contributed by atoms with Gasteiger partial charge in [-0.25, -0.2) is 9.48 Å². The van der Waals surface area contributed by atoms with Gasteiger partial charge in [0.25, 0.3) is 0 Å². The van der Waals surface area contributed by atoms with Gasteiger partial charge >= 0.3 is 12.1 Å². The highest BCUT2D eigenvalue weighted by Crippen LogP contribution is 2.39. The van der Waals surface area contributed by atoms with Crippen molar-refractivity contribution < 1.29 is 23.1 Å². The van der Waals surface area contributed by atoms with Crippen molar-refractivity contribution in [1.29, 1.82) is 0 Å². The second-order valence-electron chi connectivity index (χ2n) is 4.99. The van der Waals surface area contributed by atoms with E-state index in [9.17, 15) is 18.0 Å². The second-order valence-corrected chi connectivity index (χ2v) is 4.99. The Balaban J connectivity index is 2.03. The lowest BCUT2D eigenvalue weighted by Crippen LogP contribution is -2.13. The summed E-state index contributed by atoms with van der Waals surface area (Å²) in [6.45, 7) is 0. The molecule has 0 bridgehead atoms. The third-order valence-corrected chi connectivity index (χ3v) is 3.41. The van der Waals surface area contributed by atoms with Crippen LogP contribution in [0.4, 0.5) is 13.2 Å². The molecular weight excluding hydrogens is 285 g/mol. The highest BCUT2D eigenvalue weighted by atomic mass is 19.4. The molecule has 4 nitrogen and oxygen atoms in total. The number of aromatic carboxylic acids is 1. The number of aromatic nitrogens is 2. The number of alkyl halides is 3. The lowest BCUT2D eigenvalue weighted by Gasteiger charge is -2.11. The quantitative estimate of drug-likeness (QED) is 0.943. The van der Waals surface area contributed by atoms with Gasteiger partial charge in [-0.15, -0.1) is 0 Å². The molecule has 0 unspecified atom stereocenters. The maximum Gasteiger partial charge on any atom is 0.417 e. The molecule has 110 valence electrons. The number of rotatable bonds is 3. The predicted octanol–water partition coefficient (Wildman–Crippen LogP) is 3.47. The molecule has 1 aromatic carbocycles. The first kappa shape index (κ1) is 13.7. The smallest absolute Gasteiger partial charge is 0.417 e. The number of benzene rings is 1. The summed E-state index contributed by atoms with van der Waals surface area (Å²) in [7, 11) is 0. The van der Waals surface area contributed by atoms with Crippen LogP contribution in [0.5, 0.6) is 0 Å². The maximum absolute atomic E-state index is 12.8. The third kappa shape index (κ3) is 2.63. The van der Waals surface area contributed by atoms with Gasteiger partial charge in [0.1, 0.15) is 0 Å². The Morgan fingerprint density at radius 1 is 1.29 bits per heavy atom. The maximum atomic E-state index is 12.8. The molecule has 7 heteroatoms. The Hall–Kier alpha value is -2.31. The van der Waals surface area contributed by atoms with Gasteiger partial charge in [-0.05, 0) is 37.1 Å². The first-order chi connectivity index (χ1) is 9.86. The summed E-state index contributed by atoms with van der Waals surface area (Å²) in [6, 6.07) is 4.79. The van der Waals surface area contributed by atoms with Crippen LogP contribution in [0, 0.1) is 0 Å². The van der Waals surface area contributed by atoms with Crippen LogP contribution in [-0.4, -0.2) is 20.9 Å². The van der Waals surface area contributed by atoms with Crippen molar-refractivity contribution in [3.8, 4) is 5.69 Å². The van der Waals surface area contributed by atoms with Gasteiger partial charge in [0.15, 0.2) is 0 Å². The average Bonchev–Trinajstić information content (AvgIpc) is 3.15. The minimum Gasteiger partial charge on any atom is -0.478 e. The third-order valence-electron chi connectivity index (χ3n) is 3.41. The molecule has 0 spiro atoms. The molecule has 1 aromatic heterocycles. The molecule has 3 rings (SSSR count). The lowest BCUT2D eigenvalue weighted by atomic mass is 10.1. The molecule has 2 aromatic rings. The van der Waals surface area contributed by atoms with E-state index >= 15 is 0 Å². The normalized spacial score (nSPS) is 15.2. The van der Waals surface area contributed by atoms with E-state index in [4.69, 9.17) is 5.11 Å². The molecule has 21 heavy (non-hydrogen) atoms. The molecule has 1 heterocycles. The van der Waals surface area contributed by atoms with Crippen molar-refractivity contribution in [2.45, 2.75) is 24.9 Å². The number of hydrogen-bond acceptors (Lipinski definition) is 2. The largest absolute Gasteiger partial charge is 0.478 e. The van der Waals surface area contributed by atoms with E-state index in [2.05, 4.69) is 5.10 Å². The summed E-state index contributed by atoms with van der Waals surface area (Å²) in [6.07, 6.45) is -0.952. The Morgan fingerprint density at radius 2 is 2.00 bits per heavy atom. The fraction of sp³-hybridized carbons (Fsp3) is 0.286. The lowest BCUT2D eigenvalue weighted by molar-refractivity contribution is -0.138. The van der Waals surface area contributed by atoms with Crippen LogP contribution < -0.4 is 0 Å². The average molecular weight is 296 g/mol. The Bertz CT molecular complexity index is 702. The monoisotopic (exact) mass is 296 g/mol. The zero-order chi connectivity index (χ0) is 15.2. The van der Waals surface area contributed by atoms with Gasteiger partial charge in [-0.3, -0.25) is 0 Å². The van der Waals surface area contributed by atoms with E-state index in [1.807, 2.05) is 0 Å². The van der Waals surface area contributed by atoms with E-state index in [-0.39, 0.29) is 0 Å². The van der Waals surface area contributed by atoms with Gasteiger partial charge in [0.2, 0.25) is 0 Å². The van der Waals surface area contributed by atoms with Crippen molar-refractivity contribution in [2.24, 2.45) is 0 Å². The molecule has 0 aliphatic heterocycles. The Morgan fingerprint density at radius 3 is 2.57 bits per heavy atom. The Kier molecular flexibility index (Phi) is 3.00. The van der Waals surface area contributed by atoms with Crippen LogP contribution in [0.2, 0.25) is 0 Å². The summed E-state index contributed by atoms with van der Waals surface area (Å²) >= 11 is 0. The fourth-order valence-electron chi connectivity index (χ4n) is 2.18. The molecule has 0 amide bonds. The van der Waals surface area contributed by atoms with Crippen LogP contribution >= 0.6 is 0 Å². The summed E-state index contributed by atoms with van der Waals surface area (Å²) in [5.74, 6) is -1.20. The number of carboxylic acid groups (broad SMARTS) is 1. The number of nitrogens with zero attached hydrogens (tertiary/aromatic N) is 2. The summed E-state index contributed by atoms with van der Waals surface area (Å²) in [5.41, 5.74) is -0.754. The highest BCUT2D eigenvalue weighted by molar-refractivity contribution is 5.90. The van der Waals surface area contributed by atoms with Gasteiger partial charge in [0, 0.05) is 12.1 Å².